The van der Waals surface area contributed by atoms with Gasteiger partial charge in [-0.25, -0.2) is 8.78 Å². The number of likely N-dealkylation sites (N-methyl/N-ethyl adjacent to an activating group) is 1. The summed E-state index contributed by atoms with van der Waals surface area (Å²) in [6, 6.07) is 12.6. The number of piperazine rings is 1. The zero-order valence-corrected chi connectivity index (χ0v) is 18.8. The van der Waals surface area contributed by atoms with Gasteiger partial charge in [-0.2, -0.15) is 0 Å². The van der Waals surface area contributed by atoms with Crippen LogP contribution in [0, 0.1) is 11.6 Å². The van der Waals surface area contributed by atoms with Crippen LogP contribution < -0.4 is 9.80 Å². The first kappa shape index (κ1) is 21.8. The van der Waals surface area contributed by atoms with Crippen molar-refractivity contribution in [3.05, 3.63) is 64.6 Å². The zero-order valence-electron chi connectivity index (χ0n) is 18.0. The summed E-state index contributed by atoms with van der Waals surface area (Å²) >= 11 is 1.50. The van der Waals surface area contributed by atoms with Gasteiger partial charge in [0.2, 0.25) is 0 Å². The van der Waals surface area contributed by atoms with Gasteiger partial charge in [-0.3, -0.25) is 9.69 Å². The Hall–Kier alpha value is -2.38. The second kappa shape index (κ2) is 9.01. The summed E-state index contributed by atoms with van der Waals surface area (Å²) in [7, 11) is 2.16. The Balaban J connectivity index is 1.63. The summed E-state index contributed by atoms with van der Waals surface area (Å²) in [6.45, 7) is 6.75. The van der Waals surface area contributed by atoms with Gasteiger partial charge < -0.3 is 9.80 Å². The first-order valence-electron chi connectivity index (χ1n) is 10.5. The lowest BCUT2D eigenvalue weighted by atomic mass is 10.1. The Morgan fingerprint density at radius 3 is 2.45 bits per heavy atom. The molecule has 2 saturated heterocycles. The molecule has 31 heavy (non-hydrogen) atoms. The molecule has 0 saturated carbocycles. The highest BCUT2D eigenvalue weighted by molar-refractivity contribution is 8.04. The molecule has 2 unspecified atom stereocenters. The first-order chi connectivity index (χ1) is 14.8. The second-order valence-corrected chi connectivity index (χ2v) is 9.38. The van der Waals surface area contributed by atoms with Crippen LogP contribution in [0.3, 0.4) is 0 Å². The van der Waals surface area contributed by atoms with Crippen molar-refractivity contribution in [3.63, 3.8) is 0 Å². The molecular weight excluding hydrogens is 416 g/mol. The van der Waals surface area contributed by atoms with Gasteiger partial charge in [0.1, 0.15) is 0 Å². The predicted octanol–water partition coefficient (Wildman–Crippen LogP) is 4.61. The molecule has 0 radical (unpaired) electrons. The maximum atomic E-state index is 13.7. The molecule has 0 bridgehead atoms. The van der Waals surface area contributed by atoms with Crippen molar-refractivity contribution in [1.29, 1.82) is 0 Å². The van der Waals surface area contributed by atoms with Crippen LogP contribution in [-0.4, -0.2) is 55.3 Å². The number of carbonyl (C=O) groups excluding carboxylic acids is 1. The quantitative estimate of drug-likeness (QED) is 0.647. The van der Waals surface area contributed by atoms with Gasteiger partial charge in [0.25, 0.3) is 5.91 Å². The van der Waals surface area contributed by atoms with Crippen molar-refractivity contribution in [1.82, 2.24) is 4.90 Å². The molecule has 2 aliphatic rings. The summed E-state index contributed by atoms with van der Waals surface area (Å²) in [6.07, 6.45) is 1.93. The van der Waals surface area contributed by atoms with E-state index in [1.807, 2.05) is 24.3 Å². The molecule has 1 amide bonds. The standard InChI is InChI=1S/C24H27F2N3OS/c1-16-14-28(15-17(2)27(16)3)22-7-5-4-6-18(22)12-23-24(30)29(10-11-31-23)19-8-9-20(25)21(26)13-19/h4-9,12-13,16-17H,10-11,14-15H2,1-3H3/b23-12-. The smallest absolute Gasteiger partial charge is 0.264 e. The molecule has 2 aromatic carbocycles. The molecule has 0 aromatic heterocycles. The molecule has 2 heterocycles. The van der Waals surface area contributed by atoms with Gasteiger partial charge in [0.15, 0.2) is 11.6 Å². The Bertz CT molecular complexity index is 1000. The number of hydrogen-bond donors (Lipinski definition) is 0. The van der Waals surface area contributed by atoms with Crippen LogP contribution in [0.15, 0.2) is 47.4 Å². The molecule has 0 spiro atoms. The first-order valence-corrected chi connectivity index (χ1v) is 11.5. The largest absolute Gasteiger partial charge is 0.368 e. The van der Waals surface area contributed by atoms with E-state index < -0.39 is 11.6 Å². The van der Waals surface area contributed by atoms with Crippen molar-refractivity contribution < 1.29 is 13.6 Å². The van der Waals surface area contributed by atoms with Gasteiger partial charge in [0.05, 0.1) is 4.91 Å². The fourth-order valence-electron chi connectivity index (χ4n) is 4.19. The minimum absolute atomic E-state index is 0.183. The summed E-state index contributed by atoms with van der Waals surface area (Å²) in [5.74, 6) is -1.35. The van der Waals surface area contributed by atoms with Gasteiger partial charge in [-0.15, -0.1) is 11.8 Å². The SMILES string of the molecule is CC1CN(c2ccccc2/C=C2\SCCN(c3ccc(F)c(F)c3)C2=O)CC(C)N1C. The molecule has 4 nitrogen and oxygen atoms in total. The minimum Gasteiger partial charge on any atom is -0.368 e. The number of nitrogens with zero attached hydrogens (tertiary/aromatic N) is 3. The predicted molar refractivity (Wildman–Crippen MR) is 124 cm³/mol. The highest BCUT2D eigenvalue weighted by atomic mass is 32.2. The fourth-order valence-corrected chi connectivity index (χ4v) is 5.12. The van der Waals surface area contributed by atoms with E-state index >= 15 is 0 Å². The van der Waals surface area contributed by atoms with Gasteiger partial charge >= 0.3 is 0 Å². The average Bonchev–Trinajstić information content (AvgIpc) is 2.75. The lowest BCUT2D eigenvalue weighted by Gasteiger charge is -2.44. The summed E-state index contributed by atoms with van der Waals surface area (Å²) in [4.78, 5) is 20.1. The fraction of sp³-hybridized carbons (Fsp3) is 0.375. The van der Waals surface area contributed by atoms with Crippen LogP contribution in [-0.2, 0) is 4.79 Å². The van der Waals surface area contributed by atoms with Crippen molar-refractivity contribution in [3.8, 4) is 0 Å². The number of para-hydroxylation sites is 1. The lowest BCUT2D eigenvalue weighted by Crippen LogP contribution is -2.55. The number of hydrogen-bond acceptors (Lipinski definition) is 4. The van der Waals surface area contributed by atoms with E-state index in [4.69, 9.17) is 0 Å². The summed E-state index contributed by atoms with van der Waals surface area (Å²) in [5.41, 5.74) is 2.49. The van der Waals surface area contributed by atoms with Gasteiger partial charge in [0, 0.05) is 54.9 Å². The van der Waals surface area contributed by atoms with E-state index in [0.29, 0.717) is 35.0 Å². The highest BCUT2D eigenvalue weighted by Gasteiger charge is 2.29. The van der Waals surface area contributed by atoms with Crippen molar-refractivity contribution >= 4 is 35.1 Å². The molecule has 2 fully saturated rings. The van der Waals surface area contributed by atoms with E-state index in [1.54, 1.807) is 0 Å². The number of halogens is 2. The number of benzene rings is 2. The Morgan fingerprint density at radius 1 is 1.03 bits per heavy atom. The van der Waals surface area contributed by atoms with E-state index in [2.05, 4.69) is 36.8 Å². The van der Waals surface area contributed by atoms with Crippen LogP contribution in [0.2, 0.25) is 0 Å². The number of rotatable bonds is 3. The van der Waals surface area contributed by atoms with Crippen molar-refractivity contribution in [2.24, 2.45) is 0 Å². The molecule has 2 atom stereocenters. The van der Waals surface area contributed by atoms with Gasteiger partial charge in [-0.05, 0) is 50.7 Å². The van der Waals surface area contributed by atoms with E-state index in [1.165, 1.54) is 22.7 Å². The number of carbonyl (C=O) groups is 1. The van der Waals surface area contributed by atoms with Crippen molar-refractivity contribution in [2.75, 3.05) is 42.2 Å². The zero-order chi connectivity index (χ0) is 22.1. The molecule has 7 heteroatoms. The molecule has 164 valence electrons. The molecule has 4 rings (SSSR count). The number of amides is 1. The maximum Gasteiger partial charge on any atom is 0.264 e. The van der Waals surface area contributed by atoms with Gasteiger partial charge in [-0.1, -0.05) is 18.2 Å². The van der Waals surface area contributed by atoms with Crippen molar-refractivity contribution in [2.45, 2.75) is 25.9 Å². The van der Waals surface area contributed by atoms with E-state index in [0.717, 1.165) is 36.5 Å². The monoisotopic (exact) mass is 443 g/mol. The molecule has 2 aromatic rings. The third kappa shape index (κ3) is 4.48. The molecule has 2 aliphatic heterocycles. The van der Waals surface area contributed by atoms with E-state index in [-0.39, 0.29) is 5.91 Å². The molecular formula is C24H27F2N3OS. The third-order valence-corrected chi connectivity index (χ3v) is 7.16. The molecule has 0 aliphatic carbocycles. The van der Waals surface area contributed by atoms with E-state index in [9.17, 15) is 13.6 Å². The average molecular weight is 444 g/mol. The van der Waals surface area contributed by atoms with Crippen LogP contribution in [0.25, 0.3) is 6.08 Å². The summed E-state index contributed by atoms with van der Waals surface area (Å²) < 4.78 is 27.0. The summed E-state index contributed by atoms with van der Waals surface area (Å²) in [5, 5.41) is 0. The Morgan fingerprint density at radius 2 is 1.74 bits per heavy atom. The van der Waals surface area contributed by atoms with Crippen LogP contribution in [0.5, 0.6) is 0 Å². The Labute approximate surface area is 186 Å². The topological polar surface area (TPSA) is 26.8 Å². The van der Waals surface area contributed by atoms with Crippen LogP contribution in [0.4, 0.5) is 20.2 Å². The molecule has 0 N–H and O–H groups in total. The number of thioether (sulfide) groups is 1. The second-order valence-electron chi connectivity index (χ2n) is 8.24. The maximum absolute atomic E-state index is 13.7. The van der Waals surface area contributed by atoms with Crippen LogP contribution >= 0.6 is 11.8 Å². The normalized spacial score (nSPS) is 24.2. The minimum atomic E-state index is -0.947. The van der Waals surface area contributed by atoms with Crippen LogP contribution in [0.1, 0.15) is 19.4 Å². The highest BCUT2D eigenvalue weighted by Crippen LogP contribution is 2.33. The lowest BCUT2D eigenvalue weighted by molar-refractivity contribution is -0.114. The number of anilines is 2. The Kier molecular flexibility index (Phi) is 6.34. The third-order valence-electron chi connectivity index (χ3n) is 6.17.